The molecule has 1 saturated heterocycles. The van der Waals surface area contributed by atoms with Crippen molar-refractivity contribution in [2.75, 3.05) is 39.2 Å². The van der Waals surface area contributed by atoms with Crippen LogP contribution in [0.5, 0.6) is 0 Å². The summed E-state index contributed by atoms with van der Waals surface area (Å²) in [6.07, 6.45) is 2.98. The van der Waals surface area contributed by atoms with Crippen molar-refractivity contribution in [3.05, 3.63) is 29.8 Å². The van der Waals surface area contributed by atoms with E-state index in [1.165, 1.54) is 0 Å². The van der Waals surface area contributed by atoms with Gasteiger partial charge in [-0.15, -0.1) is 0 Å². The van der Waals surface area contributed by atoms with Crippen molar-refractivity contribution in [3.8, 4) is 0 Å². The van der Waals surface area contributed by atoms with Crippen LogP contribution < -0.4 is 5.32 Å². The Kier molecular flexibility index (Phi) is 7.21. The normalized spacial score (nSPS) is 16.8. The van der Waals surface area contributed by atoms with Gasteiger partial charge in [0, 0.05) is 26.4 Å². The predicted octanol–water partition coefficient (Wildman–Crippen LogP) is 1.84. The summed E-state index contributed by atoms with van der Waals surface area (Å²) >= 11 is 0. The lowest BCUT2D eigenvalue weighted by atomic mass is 10.1. The van der Waals surface area contributed by atoms with E-state index in [2.05, 4.69) is 5.32 Å². The smallest absolute Gasteiger partial charge is 0.226 e. The maximum Gasteiger partial charge on any atom is 0.226 e. The third-order valence-electron chi connectivity index (χ3n) is 3.89. The summed E-state index contributed by atoms with van der Waals surface area (Å²) in [4.78, 5) is 25.1. The average molecular weight is 334 g/mol. The van der Waals surface area contributed by atoms with E-state index in [0.717, 1.165) is 30.7 Å². The van der Waals surface area contributed by atoms with Gasteiger partial charge in [-0.1, -0.05) is 12.1 Å². The molecule has 1 heterocycles. The molecule has 1 N–H and O–H groups in total. The molecule has 1 atom stereocenters. The Morgan fingerprint density at radius 3 is 2.67 bits per heavy atom. The van der Waals surface area contributed by atoms with Gasteiger partial charge < -0.3 is 19.7 Å². The highest BCUT2D eigenvalue weighted by molar-refractivity contribution is 5.90. The number of anilines is 1. The van der Waals surface area contributed by atoms with E-state index in [-0.39, 0.29) is 17.9 Å². The van der Waals surface area contributed by atoms with Gasteiger partial charge in [-0.25, -0.2) is 0 Å². The maximum atomic E-state index is 11.9. The highest BCUT2D eigenvalue weighted by Gasteiger charge is 2.15. The average Bonchev–Trinajstić information content (AvgIpc) is 3.06. The molecule has 6 nitrogen and oxygen atoms in total. The zero-order chi connectivity index (χ0) is 17.4. The molecule has 2 rings (SSSR count). The fourth-order valence-electron chi connectivity index (χ4n) is 2.42. The van der Waals surface area contributed by atoms with Crippen molar-refractivity contribution in [2.24, 2.45) is 0 Å². The van der Waals surface area contributed by atoms with Gasteiger partial charge in [0.15, 0.2) is 0 Å². The summed E-state index contributed by atoms with van der Waals surface area (Å²) in [5.74, 6) is -0.0327. The molecule has 1 aliphatic rings. The molecule has 0 bridgehead atoms. The number of nitrogens with zero attached hydrogens (tertiary/aromatic N) is 1. The van der Waals surface area contributed by atoms with E-state index in [1.807, 2.05) is 24.3 Å². The molecule has 0 aromatic heterocycles. The first kappa shape index (κ1) is 18.4. The number of carbonyl (C=O) groups is 2. The highest BCUT2D eigenvalue weighted by atomic mass is 16.5. The molecule has 24 heavy (non-hydrogen) atoms. The Morgan fingerprint density at radius 2 is 2.04 bits per heavy atom. The Hall–Kier alpha value is -1.92. The van der Waals surface area contributed by atoms with E-state index in [9.17, 15) is 9.59 Å². The van der Waals surface area contributed by atoms with Crippen LogP contribution in [-0.2, 0) is 25.5 Å². The van der Waals surface area contributed by atoms with Gasteiger partial charge in [-0.05, 0) is 30.5 Å². The molecule has 1 aliphatic heterocycles. The Bertz CT molecular complexity index is 536. The minimum atomic E-state index is -0.0838. The van der Waals surface area contributed by atoms with Crippen LogP contribution in [0.25, 0.3) is 0 Å². The molecule has 6 heteroatoms. The summed E-state index contributed by atoms with van der Waals surface area (Å²) in [6, 6.07) is 7.32. The van der Waals surface area contributed by atoms with Gasteiger partial charge in [-0.2, -0.15) is 0 Å². The van der Waals surface area contributed by atoms with Crippen LogP contribution in [0.3, 0.4) is 0 Å². The van der Waals surface area contributed by atoms with Crippen LogP contribution in [-0.4, -0.2) is 56.7 Å². The fourth-order valence-corrected chi connectivity index (χ4v) is 2.42. The number of hydrogen-bond donors (Lipinski definition) is 1. The molecular weight excluding hydrogens is 308 g/mol. The lowest BCUT2D eigenvalue weighted by Gasteiger charge is -2.11. The van der Waals surface area contributed by atoms with E-state index < -0.39 is 0 Å². The SMILES string of the molecule is CN(C)C(=O)Cc1ccc(NC(=O)CCOCC2CCCO2)cc1. The van der Waals surface area contributed by atoms with Crippen molar-refractivity contribution >= 4 is 17.5 Å². The second-order valence-electron chi connectivity index (χ2n) is 6.17. The summed E-state index contributed by atoms with van der Waals surface area (Å²) < 4.78 is 10.9. The minimum absolute atomic E-state index is 0.0511. The van der Waals surface area contributed by atoms with Crippen LogP contribution in [0.1, 0.15) is 24.8 Å². The molecule has 1 unspecified atom stereocenters. The van der Waals surface area contributed by atoms with Crippen molar-refractivity contribution in [3.63, 3.8) is 0 Å². The van der Waals surface area contributed by atoms with E-state index in [0.29, 0.717) is 26.1 Å². The molecule has 0 aliphatic carbocycles. The first-order valence-electron chi connectivity index (χ1n) is 8.33. The molecule has 0 radical (unpaired) electrons. The van der Waals surface area contributed by atoms with Crippen LogP contribution in [0.2, 0.25) is 0 Å². The molecule has 1 aromatic rings. The number of carbonyl (C=O) groups excluding carboxylic acids is 2. The predicted molar refractivity (Wildman–Crippen MR) is 91.9 cm³/mol. The molecule has 0 spiro atoms. The van der Waals surface area contributed by atoms with Gasteiger partial charge in [0.2, 0.25) is 11.8 Å². The van der Waals surface area contributed by atoms with Gasteiger partial charge >= 0.3 is 0 Å². The quantitative estimate of drug-likeness (QED) is 0.737. The molecule has 0 saturated carbocycles. The topological polar surface area (TPSA) is 67.9 Å². The van der Waals surface area contributed by atoms with E-state index in [1.54, 1.807) is 19.0 Å². The van der Waals surface area contributed by atoms with Crippen LogP contribution in [0.4, 0.5) is 5.69 Å². The lowest BCUT2D eigenvalue weighted by molar-refractivity contribution is -0.128. The number of ether oxygens (including phenoxy) is 2. The number of likely N-dealkylation sites (N-methyl/N-ethyl adjacent to an activating group) is 1. The zero-order valence-corrected chi connectivity index (χ0v) is 14.4. The second kappa shape index (κ2) is 9.39. The highest BCUT2D eigenvalue weighted by Crippen LogP contribution is 2.13. The third-order valence-corrected chi connectivity index (χ3v) is 3.89. The van der Waals surface area contributed by atoms with Crippen LogP contribution in [0.15, 0.2) is 24.3 Å². The Labute approximate surface area is 143 Å². The van der Waals surface area contributed by atoms with Gasteiger partial charge in [0.1, 0.15) is 0 Å². The maximum absolute atomic E-state index is 11.9. The zero-order valence-electron chi connectivity index (χ0n) is 14.4. The number of hydrogen-bond acceptors (Lipinski definition) is 4. The summed E-state index contributed by atoms with van der Waals surface area (Å²) in [5, 5.41) is 2.83. The second-order valence-corrected chi connectivity index (χ2v) is 6.17. The van der Waals surface area contributed by atoms with Crippen LogP contribution >= 0.6 is 0 Å². The fraction of sp³-hybridized carbons (Fsp3) is 0.556. The van der Waals surface area contributed by atoms with E-state index >= 15 is 0 Å². The van der Waals surface area contributed by atoms with E-state index in [4.69, 9.17) is 9.47 Å². The summed E-state index contributed by atoms with van der Waals surface area (Å²) in [6.45, 7) is 1.76. The van der Waals surface area contributed by atoms with Gasteiger partial charge in [-0.3, -0.25) is 9.59 Å². The number of benzene rings is 1. The molecule has 1 aromatic carbocycles. The first-order valence-corrected chi connectivity index (χ1v) is 8.33. The minimum Gasteiger partial charge on any atom is -0.378 e. The summed E-state index contributed by atoms with van der Waals surface area (Å²) in [7, 11) is 3.47. The molecular formula is C18H26N2O4. The molecule has 2 amide bonds. The lowest BCUT2D eigenvalue weighted by Crippen LogP contribution is -2.23. The van der Waals surface area contributed by atoms with Crippen molar-refractivity contribution < 1.29 is 19.1 Å². The van der Waals surface area contributed by atoms with Crippen molar-refractivity contribution in [1.82, 2.24) is 4.90 Å². The molecule has 1 fully saturated rings. The first-order chi connectivity index (χ1) is 11.5. The number of rotatable bonds is 8. The monoisotopic (exact) mass is 334 g/mol. The number of amides is 2. The standard InChI is InChI=1S/C18H26N2O4/c1-20(2)18(22)12-14-5-7-15(8-6-14)19-17(21)9-11-23-13-16-4-3-10-24-16/h5-8,16H,3-4,9-13H2,1-2H3,(H,19,21). The van der Waals surface area contributed by atoms with Gasteiger partial charge in [0.05, 0.1) is 32.2 Å². The molecule has 132 valence electrons. The van der Waals surface area contributed by atoms with Crippen LogP contribution in [0, 0.1) is 0 Å². The Morgan fingerprint density at radius 1 is 1.29 bits per heavy atom. The Balaban J connectivity index is 1.66. The van der Waals surface area contributed by atoms with Crippen molar-refractivity contribution in [2.45, 2.75) is 31.8 Å². The summed E-state index contributed by atoms with van der Waals surface area (Å²) in [5.41, 5.74) is 1.65. The van der Waals surface area contributed by atoms with Gasteiger partial charge in [0.25, 0.3) is 0 Å². The largest absolute Gasteiger partial charge is 0.378 e. The number of nitrogens with one attached hydrogen (secondary N) is 1. The van der Waals surface area contributed by atoms with Crippen molar-refractivity contribution in [1.29, 1.82) is 0 Å². The third kappa shape index (κ3) is 6.29.